The van der Waals surface area contributed by atoms with Crippen LogP contribution in [-0.4, -0.2) is 16.2 Å². The Balaban J connectivity index is 1.86. The third-order valence-corrected chi connectivity index (χ3v) is 3.91. The quantitative estimate of drug-likeness (QED) is 0.849. The molecular weight excluding hydrogens is 264 g/mol. The molecule has 2 N–H and O–H groups in total. The molecule has 19 heavy (non-hydrogen) atoms. The standard InChI is InChI=1S/C13H16N2O3S/c1-8-12(9(2)18-15-8)7-14-6-11-4-3-10(19-11)5-13(16)17/h3-4,14H,5-7H2,1-2H3,(H,16,17). The molecule has 0 aromatic carbocycles. The van der Waals surface area contributed by atoms with Crippen molar-refractivity contribution in [3.8, 4) is 0 Å². The lowest BCUT2D eigenvalue weighted by Crippen LogP contribution is -2.12. The number of hydrogen-bond donors (Lipinski definition) is 2. The molecular formula is C13H16N2O3S. The molecule has 0 radical (unpaired) electrons. The molecule has 0 atom stereocenters. The van der Waals surface area contributed by atoms with E-state index in [1.54, 1.807) is 0 Å². The molecule has 0 saturated carbocycles. The summed E-state index contributed by atoms with van der Waals surface area (Å²) >= 11 is 1.52. The van der Waals surface area contributed by atoms with Gasteiger partial charge in [-0.05, 0) is 26.0 Å². The van der Waals surface area contributed by atoms with E-state index in [4.69, 9.17) is 9.63 Å². The molecule has 0 spiro atoms. The van der Waals surface area contributed by atoms with Crippen LogP contribution < -0.4 is 5.32 Å². The molecule has 2 heterocycles. The third kappa shape index (κ3) is 3.65. The molecule has 0 fully saturated rings. The van der Waals surface area contributed by atoms with Gasteiger partial charge in [-0.2, -0.15) is 0 Å². The molecule has 5 nitrogen and oxygen atoms in total. The second kappa shape index (κ2) is 5.99. The van der Waals surface area contributed by atoms with Crippen molar-refractivity contribution in [3.05, 3.63) is 38.9 Å². The average Bonchev–Trinajstić information content (AvgIpc) is 2.89. The summed E-state index contributed by atoms with van der Waals surface area (Å²) in [6.45, 7) is 5.23. The zero-order chi connectivity index (χ0) is 13.8. The van der Waals surface area contributed by atoms with E-state index in [1.807, 2.05) is 26.0 Å². The lowest BCUT2D eigenvalue weighted by Gasteiger charge is -2.02. The van der Waals surface area contributed by atoms with Crippen molar-refractivity contribution >= 4 is 17.3 Å². The predicted molar refractivity (Wildman–Crippen MR) is 72.2 cm³/mol. The minimum atomic E-state index is -0.794. The van der Waals surface area contributed by atoms with Crippen LogP contribution >= 0.6 is 11.3 Å². The molecule has 0 aliphatic heterocycles. The fourth-order valence-electron chi connectivity index (χ4n) is 1.83. The van der Waals surface area contributed by atoms with Gasteiger partial charge in [-0.25, -0.2) is 0 Å². The van der Waals surface area contributed by atoms with Crippen LogP contribution in [0.3, 0.4) is 0 Å². The number of rotatable bonds is 6. The number of nitrogens with one attached hydrogen (secondary N) is 1. The maximum Gasteiger partial charge on any atom is 0.308 e. The summed E-state index contributed by atoms with van der Waals surface area (Å²) in [6, 6.07) is 3.83. The molecule has 0 bridgehead atoms. The van der Waals surface area contributed by atoms with E-state index in [1.165, 1.54) is 11.3 Å². The number of thiophene rings is 1. The zero-order valence-electron chi connectivity index (χ0n) is 10.9. The molecule has 2 rings (SSSR count). The molecule has 2 aromatic heterocycles. The summed E-state index contributed by atoms with van der Waals surface area (Å²) in [5, 5.41) is 15.9. The van der Waals surface area contributed by atoms with Gasteiger partial charge >= 0.3 is 5.97 Å². The summed E-state index contributed by atoms with van der Waals surface area (Å²) in [7, 11) is 0. The second-order valence-electron chi connectivity index (χ2n) is 4.34. The summed E-state index contributed by atoms with van der Waals surface area (Å²) in [5.41, 5.74) is 1.99. The third-order valence-electron chi connectivity index (χ3n) is 2.82. The Bertz CT molecular complexity index is 555. The first-order chi connectivity index (χ1) is 9.06. The van der Waals surface area contributed by atoms with Crippen LogP contribution in [0.25, 0.3) is 0 Å². The number of aliphatic carboxylic acids is 1. The van der Waals surface area contributed by atoms with Crippen molar-refractivity contribution in [2.75, 3.05) is 0 Å². The highest BCUT2D eigenvalue weighted by molar-refractivity contribution is 7.12. The maximum absolute atomic E-state index is 10.6. The van der Waals surface area contributed by atoms with Crippen molar-refractivity contribution in [1.82, 2.24) is 10.5 Å². The van der Waals surface area contributed by atoms with Crippen LogP contribution in [0.4, 0.5) is 0 Å². The van der Waals surface area contributed by atoms with E-state index in [0.29, 0.717) is 13.1 Å². The number of aryl methyl sites for hydroxylation is 2. The Kier molecular flexibility index (Phi) is 4.34. The molecule has 6 heteroatoms. The van der Waals surface area contributed by atoms with Crippen molar-refractivity contribution in [2.24, 2.45) is 0 Å². The second-order valence-corrected chi connectivity index (χ2v) is 5.60. The number of carboxylic acids is 1. The van der Waals surface area contributed by atoms with Crippen LogP contribution in [0.5, 0.6) is 0 Å². The smallest absolute Gasteiger partial charge is 0.308 e. The predicted octanol–water partition coefficient (Wildman–Crippen LogP) is 2.27. The number of carbonyl (C=O) groups is 1. The largest absolute Gasteiger partial charge is 0.481 e. The summed E-state index contributed by atoms with van der Waals surface area (Å²) in [4.78, 5) is 12.6. The van der Waals surface area contributed by atoms with E-state index in [9.17, 15) is 4.79 Å². The fraction of sp³-hybridized carbons (Fsp3) is 0.385. The van der Waals surface area contributed by atoms with E-state index < -0.39 is 5.97 Å². The summed E-state index contributed by atoms with van der Waals surface area (Å²) in [5.74, 6) is 0.0415. The zero-order valence-corrected chi connectivity index (χ0v) is 11.7. The van der Waals surface area contributed by atoms with Gasteiger partial charge < -0.3 is 14.9 Å². The monoisotopic (exact) mass is 280 g/mol. The summed E-state index contributed by atoms with van der Waals surface area (Å²) < 4.78 is 5.09. The normalized spacial score (nSPS) is 10.8. The number of carboxylic acid groups (broad SMARTS) is 1. The van der Waals surface area contributed by atoms with Gasteiger partial charge in [-0.3, -0.25) is 4.79 Å². The number of nitrogens with zero attached hydrogens (tertiary/aromatic N) is 1. The van der Waals surface area contributed by atoms with E-state index >= 15 is 0 Å². The fourth-order valence-corrected chi connectivity index (χ4v) is 2.81. The molecule has 0 unspecified atom stereocenters. The number of aromatic nitrogens is 1. The molecule has 102 valence electrons. The van der Waals surface area contributed by atoms with Crippen molar-refractivity contribution < 1.29 is 14.4 Å². The Hall–Kier alpha value is -1.66. The molecule has 0 saturated heterocycles. The minimum absolute atomic E-state index is 0.0918. The molecule has 0 aliphatic carbocycles. The Morgan fingerprint density at radius 2 is 2.11 bits per heavy atom. The van der Waals surface area contributed by atoms with Gasteiger partial charge in [0.1, 0.15) is 5.76 Å². The van der Waals surface area contributed by atoms with Gasteiger partial charge in [0, 0.05) is 28.4 Å². The highest BCUT2D eigenvalue weighted by Crippen LogP contribution is 2.17. The SMILES string of the molecule is Cc1noc(C)c1CNCc1ccc(CC(=O)O)s1. The first-order valence-corrected chi connectivity index (χ1v) is 6.79. The lowest BCUT2D eigenvalue weighted by atomic mass is 10.2. The van der Waals surface area contributed by atoms with Crippen molar-refractivity contribution in [3.63, 3.8) is 0 Å². The van der Waals surface area contributed by atoms with E-state index in [0.717, 1.165) is 26.8 Å². The summed E-state index contributed by atoms with van der Waals surface area (Å²) in [6.07, 6.45) is 0.0918. The van der Waals surface area contributed by atoms with Gasteiger partial charge in [0.05, 0.1) is 12.1 Å². The Morgan fingerprint density at radius 3 is 2.74 bits per heavy atom. The van der Waals surface area contributed by atoms with Crippen LogP contribution in [0.2, 0.25) is 0 Å². The van der Waals surface area contributed by atoms with Crippen molar-refractivity contribution in [2.45, 2.75) is 33.4 Å². The van der Waals surface area contributed by atoms with Crippen LogP contribution in [0, 0.1) is 13.8 Å². The van der Waals surface area contributed by atoms with Gasteiger partial charge in [0.15, 0.2) is 0 Å². The van der Waals surface area contributed by atoms with Gasteiger partial charge in [0.2, 0.25) is 0 Å². The lowest BCUT2D eigenvalue weighted by molar-refractivity contribution is -0.136. The average molecular weight is 280 g/mol. The molecule has 2 aromatic rings. The van der Waals surface area contributed by atoms with Gasteiger partial charge in [0.25, 0.3) is 0 Å². The van der Waals surface area contributed by atoms with Gasteiger partial charge in [-0.1, -0.05) is 5.16 Å². The number of hydrogen-bond acceptors (Lipinski definition) is 5. The van der Waals surface area contributed by atoms with E-state index in [-0.39, 0.29) is 6.42 Å². The topological polar surface area (TPSA) is 75.4 Å². The minimum Gasteiger partial charge on any atom is -0.481 e. The maximum atomic E-state index is 10.6. The first kappa shape index (κ1) is 13.8. The Morgan fingerprint density at radius 1 is 1.37 bits per heavy atom. The molecule has 0 aliphatic rings. The van der Waals surface area contributed by atoms with Crippen molar-refractivity contribution in [1.29, 1.82) is 0 Å². The van der Waals surface area contributed by atoms with Gasteiger partial charge in [-0.15, -0.1) is 11.3 Å². The highest BCUT2D eigenvalue weighted by atomic mass is 32.1. The highest BCUT2D eigenvalue weighted by Gasteiger charge is 2.09. The molecule has 0 amide bonds. The van der Waals surface area contributed by atoms with Crippen LogP contribution in [0.1, 0.15) is 26.8 Å². The van der Waals surface area contributed by atoms with Crippen LogP contribution in [0.15, 0.2) is 16.7 Å². The van der Waals surface area contributed by atoms with E-state index in [2.05, 4.69) is 10.5 Å². The first-order valence-electron chi connectivity index (χ1n) is 5.98. The Labute approximate surface area is 115 Å². The van der Waals surface area contributed by atoms with Crippen LogP contribution in [-0.2, 0) is 24.3 Å².